The third-order valence-corrected chi connectivity index (χ3v) is 11.5. The third-order valence-electron chi connectivity index (χ3n) is 5.40. The molecule has 0 unspecified atom stereocenters. The zero-order valence-electron chi connectivity index (χ0n) is 21.0. The molecular formula is C27H36N2O6P2. The standard InChI is InChI=1S/C27H36N2O6P2/c1-5-17-32-36(30,33-18-6-2)27(21-23-9-13-25(28)14-10-23,22-24-11-15-26(29)16-12-24)37(31,34-19-7-3)35-20-8-4/h5-16H,1-4,17-22,28-29H2. The fourth-order valence-electron chi connectivity index (χ4n) is 3.68. The molecule has 2 aromatic rings. The topological polar surface area (TPSA) is 123 Å². The van der Waals surface area contributed by atoms with Gasteiger partial charge in [-0.1, -0.05) is 48.6 Å². The lowest BCUT2D eigenvalue weighted by Crippen LogP contribution is -2.38. The van der Waals surface area contributed by atoms with E-state index in [1.165, 1.54) is 24.3 Å². The maximum Gasteiger partial charge on any atom is 0.350 e. The average molecular weight is 547 g/mol. The van der Waals surface area contributed by atoms with Crippen molar-refractivity contribution < 1.29 is 27.2 Å². The quantitative estimate of drug-likeness (QED) is 0.123. The van der Waals surface area contributed by atoms with Crippen LogP contribution in [-0.2, 0) is 40.1 Å². The molecule has 2 rings (SSSR count). The molecule has 2 aromatic carbocycles. The van der Waals surface area contributed by atoms with Crippen LogP contribution >= 0.6 is 15.2 Å². The van der Waals surface area contributed by atoms with Crippen LogP contribution in [0.5, 0.6) is 0 Å². The van der Waals surface area contributed by atoms with Crippen LogP contribution in [0.1, 0.15) is 11.1 Å². The molecule has 0 atom stereocenters. The summed E-state index contributed by atoms with van der Waals surface area (Å²) in [6.45, 7) is 14.1. The van der Waals surface area contributed by atoms with Crippen molar-refractivity contribution in [1.29, 1.82) is 0 Å². The first-order valence-corrected chi connectivity index (χ1v) is 14.7. The second kappa shape index (κ2) is 14.3. The van der Waals surface area contributed by atoms with Crippen molar-refractivity contribution in [1.82, 2.24) is 0 Å². The summed E-state index contributed by atoms with van der Waals surface area (Å²) in [4.78, 5) is -1.84. The number of nitrogens with two attached hydrogens (primary N) is 2. The summed E-state index contributed by atoms with van der Waals surface area (Å²) in [5.41, 5.74) is 14.2. The molecule has 0 amide bonds. The highest BCUT2D eigenvalue weighted by Crippen LogP contribution is 2.79. The van der Waals surface area contributed by atoms with E-state index in [0.717, 1.165) is 0 Å². The van der Waals surface area contributed by atoms with Gasteiger partial charge in [0.25, 0.3) is 0 Å². The fourth-order valence-corrected chi connectivity index (χ4v) is 9.40. The van der Waals surface area contributed by atoms with Gasteiger partial charge < -0.3 is 29.6 Å². The number of nitrogen functional groups attached to an aromatic ring is 2. The van der Waals surface area contributed by atoms with E-state index in [9.17, 15) is 9.13 Å². The van der Waals surface area contributed by atoms with Crippen molar-refractivity contribution in [2.75, 3.05) is 37.9 Å². The second-order valence-electron chi connectivity index (χ2n) is 8.15. The SMILES string of the molecule is C=CCOP(=O)(OCC=C)C(Cc1ccc(N)cc1)(Cc1ccc(N)cc1)P(=O)(OCC=C)OCC=C. The van der Waals surface area contributed by atoms with Gasteiger partial charge in [-0.3, -0.25) is 9.13 Å². The van der Waals surface area contributed by atoms with Gasteiger partial charge in [0.15, 0.2) is 4.90 Å². The van der Waals surface area contributed by atoms with E-state index in [1.54, 1.807) is 48.5 Å². The Bertz CT molecular complexity index is 1020. The molecular weight excluding hydrogens is 510 g/mol. The van der Waals surface area contributed by atoms with Gasteiger partial charge in [0, 0.05) is 24.2 Å². The van der Waals surface area contributed by atoms with E-state index in [4.69, 9.17) is 29.6 Å². The molecule has 200 valence electrons. The maximum absolute atomic E-state index is 14.9. The molecule has 0 bridgehead atoms. The number of benzene rings is 2. The molecule has 37 heavy (non-hydrogen) atoms. The van der Waals surface area contributed by atoms with Gasteiger partial charge in [0.1, 0.15) is 0 Å². The molecule has 0 aliphatic rings. The summed E-state index contributed by atoms with van der Waals surface area (Å²) in [6, 6.07) is 13.8. The molecule has 0 saturated heterocycles. The zero-order valence-corrected chi connectivity index (χ0v) is 22.8. The van der Waals surface area contributed by atoms with Gasteiger partial charge in [0.2, 0.25) is 0 Å². The van der Waals surface area contributed by atoms with Crippen molar-refractivity contribution in [2.45, 2.75) is 17.7 Å². The minimum absolute atomic E-state index is 0.0607. The van der Waals surface area contributed by atoms with Gasteiger partial charge >= 0.3 is 15.2 Å². The normalized spacial score (nSPS) is 12.1. The predicted octanol–water partition coefficient (Wildman–Crippen LogP) is 6.53. The highest BCUT2D eigenvalue weighted by Gasteiger charge is 2.65. The van der Waals surface area contributed by atoms with Gasteiger partial charge in [-0.2, -0.15) is 0 Å². The number of rotatable bonds is 18. The summed E-state index contributed by atoms with van der Waals surface area (Å²) < 4.78 is 53.3. The molecule has 0 aliphatic heterocycles. The first kappa shape index (κ1) is 30.5. The van der Waals surface area contributed by atoms with Crippen LogP contribution in [0.3, 0.4) is 0 Å². The molecule has 4 N–H and O–H groups in total. The summed E-state index contributed by atoms with van der Waals surface area (Å²) in [6.07, 6.45) is 5.61. The first-order valence-electron chi connectivity index (χ1n) is 11.6. The first-order chi connectivity index (χ1) is 17.7. The van der Waals surface area contributed by atoms with E-state index >= 15 is 0 Å². The van der Waals surface area contributed by atoms with Crippen LogP contribution in [0.25, 0.3) is 0 Å². The highest BCUT2D eigenvalue weighted by atomic mass is 31.2. The van der Waals surface area contributed by atoms with Crippen LogP contribution in [0, 0.1) is 0 Å². The lowest BCUT2D eigenvalue weighted by atomic mass is 10.0. The monoisotopic (exact) mass is 546 g/mol. The molecule has 0 fully saturated rings. The van der Waals surface area contributed by atoms with E-state index < -0.39 is 20.1 Å². The van der Waals surface area contributed by atoms with Gasteiger partial charge in [0.05, 0.1) is 26.4 Å². The van der Waals surface area contributed by atoms with Crippen LogP contribution in [0.4, 0.5) is 11.4 Å². The van der Waals surface area contributed by atoms with Crippen LogP contribution in [0.15, 0.2) is 99.2 Å². The Kier molecular flexibility index (Phi) is 11.8. The van der Waals surface area contributed by atoms with Crippen LogP contribution in [0.2, 0.25) is 0 Å². The largest absolute Gasteiger partial charge is 0.399 e. The summed E-state index contributed by atoms with van der Waals surface area (Å²) in [5.74, 6) is 0. The van der Waals surface area contributed by atoms with E-state index in [1.807, 2.05) is 0 Å². The van der Waals surface area contributed by atoms with Gasteiger partial charge in [-0.05, 0) is 35.4 Å². The predicted molar refractivity (Wildman–Crippen MR) is 152 cm³/mol. The lowest BCUT2D eigenvalue weighted by Gasteiger charge is -2.42. The van der Waals surface area contributed by atoms with E-state index in [2.05, 4.69) is 26.3 Å². The van der Waals surface area contributed by atoms with Crippen molar-refractivity contribution in [3.63, 3.8) is 0 Å². The van der Waals surface area contributed by atoms with Gasteiger partial charge in [-0.15, -0.1) is 26.3 Å². The maximum atomic E-state index is 14.9. The lowest BCUT2D eigenvalue weighted by molar-refractivity contribution is 0.190. The number of hydrogen-bond donors (Lipinski definition) is 2. The Balaban J connectivity index is 2.92. The molecule has 0 aliphatic carbocycles. The molecule has 10 heteroatoms. The Morgan fingerprint density at radius 1 is 0.595 bits per heavy atom. The highest BCUT2D eigenvalue weighted by molar-refractivity contribution is 7.74. The third kappa shape index (κ3) is 7.65. The minimum Gasteiger partial charge on any atom is -0.399 e. The molecule has 0 radical (unpaired) electrons. The minimum atomic E-state index is -4.34. The zero-order chi connectivity index (χ0) is 27.4. The van der Waals surface area contributed by atoms with E-state index in [0.29, 0.717) is 22.5 Å². The summed E-state index contributed by atoms with van der Waals surface area (Å²) >= 11 is 0. The Hall–Kier alpha value is -2.70. The van der Waals surface area contributed by atoms with E-state index in [-0.39, 0.29) is 39.3 Å². The molecule has 0 saturated carbocycles. The summed E-state index contributed by atoms with van der Waals surface area (Å²) in [7, 11) is -8.67. The van der Waals surface area contributed by atoms with Crippen LogP contribution < -0.4 is 11.5 Å². The molecule has 8 nitrogen and oxygen atoms in total. The van der Waals surface area contributed by atoms with Crippen molar-refractivity contribution in [3.05, 3.63) is 110 Å². The van der Waals surface area contributed by atoms with Gasteiger partial charge in [-0.25, -0.2) is 0 Å². The summed E-state index contributed by atoms with van der Waals surface area (Å²) in [5, 5.41) is 0. The average Bonchev–Trinajstić information content (AvgIpc) is 2.90. The number of anilines is 2. The van der Waals surface area contributed by atoms with Crippen molar-refractivity contribution in [2.24, 2.45) is 0 Å². The Labute approximate surface area is 219 Å². The molecule has 0 aromatic heterocycles. The fraction of sp³-hybridized carbons (Fsp3) is 0.259. The smallest absolute Gasteiger partial charge is 0.350 e. The number of hydrogen-bond acceptors (Lipinski definition) is 8. The van der Waals surface area contributed by atoms with Crippen LogP contribution in [-0.4, -0.2) is 31.3 Å². The second-order valence-corrected chi connectivity index (χ2v) is 13.2. The Morgan fingerprint density at radius 2 is 0.865 bits per heavy atom. The van der Waals surface area contributed by atoms with Crippen molar-refractivity contribution >= 4 is 26.6 Å². The molecule has 0 spiro atoms. The molecule has 0 heterocycles. The Morgan fingerprint density at radius 3 is 1.11 bits per heavy atom. The van der Waals surface area contributed by atoms with Crippen molar-refractivity contribution in [3.8, 4) is 0 Å².